The van der Waals surface area contributed by atoms with E-state index in [1.807, 2.05) is 0 Å². The van der Waals surface area contributed by atoms with E-state index in [1.165, 1.54) is 4.31 Å². The van der Waals surface area contributed by atoms with Crippen molar-refractivity contribution in [2.75, 3.05) is 6.54 Å². The van der Waals surface area contributed by atoms with Gasteiger partial charge >= 0.3 is 0 Å². The minimum atomic E-state index is -3.34. The number of hydrogen-bond donors (Lipinski definition) is 2. The zero-order chi connectivity index (χ0) is 13.1. The zero-order valence-corrected chi connectivity index (χ0v) is 11.2. The van der Waals surface area contributed by atoms with Crippen LogP contribution < -0.4 is 5.73 Å². The highest BCUT2D eigenvalue weighted by molar-refractivity contribution is 7.89. The van der Waals surface area contributed by atoms with Gasteiger partial charge in [0.1, 0.15) is 0 Å². The lowest BCUT2D eigenvalue weighted by molar-refractivity contribution is 0.311. The summed E-state index contributed by atoms with van der Waals surface area (Å²) in [5, 5.41) is 11.1. The number of amidine groups is 1. The Hall–Kier alpha value is -0.820. The maximum Gasteiger partial charge on any atom is 0.217 e. The van der Waals surface area contributed by atoms with E-state index in [-0.39, 0.29) is 23.7 Å². The molecule has 0 atom stereocenters. The van der Waals surface area contributed by atoms with Gasteiger partial charge in [0.15, 0.2) is 5.84 Å². The highest BCUT2D eigenvalue weighted by Crippen LogP contribution is 2.27. The SMILES string of the molecule is CC(C)N(CC(N)=NO)S(=O)(=O)C1CCCC1. The second-order valence-electron chi connectivity index (χ2n) is 4.68. The Morgan fingerprint density at radius 3 is 2.41 bits per heavy atom. The first-order valence-electron chi connectivity index (χ1n) is 5.86. The summed E-state index contributed by atoms with van der Waals surface area (Å²) < 4.78 is 26.0. The molecular formula is C10H21N3O3S. The molecule has 0 unspecified atom stereocenters. The molecular weight excluding hydrogens is 242 g/mol. The summed E-state index contributed by atoms with van der Waals surface area (Å²) in [4.78, 5) is 0. The molecule has 17 heavy (non-hydrogen) atoms. The maximum atomic E-state index is 12.4. The second kappa shape index (κ2) is 5.68. The van der Waals surface area contributed by atoms with E-state index >= 15 is 0 Å². The highest BCUT2D eigenvalue weighted by Gasteiger charge is 2.35. The van der Waals surface area contributed by atoms with E-state index in [1.54, 1.807) is 13.8 Å². The van der Waals surface area contributed by atoms with Crippen LogP contribution >= 0.6 is 0 Å². The highest BCUT2D eigenvalue weighted by atomic mass is 32.2. The molecule has 0 spiro atoms. The molecule has 0 aromatic heterocycles. The van der Waals surface area contributed by atoms with Crippen molar-refractivity contribution in [2.45, 2.75) is 50.8 Å². The van der Waals surface area contributed by atoms with Crippen molar-refractivity contribution in [3.63, 3.8) is 0 Å². The minimum absolute atomic E-state index is 0.0486. The third kappa shape index (κ3) is 3.32. The van der Waals surface area contributed by atoms with Crippen molar-refractivity contribution < 1.29 is 13.6 Å². The van der Waals surface area contributed by atoms with Crippen LogP contribution in [-0.2, 0) is 10.0 Å². The molecule has 3 N–H and O–H groups in total. The molecule has 0 amide bonds. The number of nitrogens with two attached hydrogens (primary N) is 1. The topological polar surface area (TPSA) is 96.0 Å². The summed E-state index contributed by atoms with van der Waals surface area (Å²) >= 11 is 0. The molecule has 6 nitrogen and oxygen atoms in total. The van der Waals surface area contributed by atoms with Crippen molar-refractivity contribution >= 4 is 15.9 Å². The Bertz CT molecular complexity index is 372. The molecule has 0 saturated heterocycles. The lowest BCUT2D eigenvalue weighted by Gasteiger charge is -2.28. The van der Waals surface area contributed by atoms with Gasteiger partial charge in [0.2, 0.25) is 10.0 Å². The summed E-state index contributed by atoms with van der Waals surface area (Å²) in [6.45, 7) is 3.53. The molecule has 0 aliphatic heterocycles. The summed E-state index contributed by atoms with van der Waals surface area (Å²) in [7, 11) is -3.34. The van der Waals surface area contributed by atoms with Crippen LogP contribution in [0.25, 0.3) is 0 Å². The molecule has 100 valence electrons. The van der Waals surface area contributed by atoms with Gasteiger partial charge in [-0.1, -0.05) is 18.0 Å². The van der Waals surface area contributed by atoms with Gasteiger partial charge in [-0.2, -0.15) is 4.31 Å². The molecule has 7 heteroatoms. The van der Waals surface area contributed by atoms with E-state index in [4.69, 9.17) is 10.9 Å². The second-order valence-corrected chi connectivity index (χ2v) is 6.85. The van der Waals surface area contributed by atoms with Crippen molar-refractivity contribution in [1.82, 2.24) is 4.31 Å². The van der Waals surface area contributed by atoms with E-state index in [0.29, 0.717) is 12.8 Å². The predicted octanol–water partition coefficient (Wildman–Crippen LogP) is 0.716. The van der Waals surface area contributed by atoms with Gasteiger partial charge in [0, 0.05) is 6.04 Å². The normalized spacial score (nSPS) is 19.4. The third-order valence-corrected chi connectivity index (χ3v) is 5.59. The molecule has 1 saturated carbocycles. The van der Waals surface area contributed by atoms with Gasteiger partial charge in [-0.05, 0) is 26.7 Å². The zero-order valence-electron chi connectivity index (χ0n) is 10.3. The smallest absolute Gasteiger partial charge is 0.217 e. The standard InChI is InChI=1S/C10H21N3O3S/c1-8(2)13(7-10(11)12-14)17(15,16)9-5-3-4-6-9/h8-9,14H,3-7H2,1-2H3,(H2,11,12). The molecule has 0 aromatic carbocycles. The number of nitrogens with zero attached hydrogens (tertiary/aromatic N) is 2. The lowest BCUT2D eigenvalue weighted by Crippen LogP contribution is -2.46. The van der Waals surface area contributed by atoms with Crippen LogP contribution in [0.3, 0.4) is 0 Å². The monoisotopic (exact) mass is 263 g/mol. The number of sulfonamides is 1. The van der Waals surface area contributed by atoms with Crippen molar-refractivity contribution in [3.8, 4) is 0 Å². The van der Waals surface area contributed by atoms with E-state index in [9.17, 15) is 8.42 Å². The van der Waals surface area contributed by atoms with Crippen LogP contribution in [-0.4, -0.2) is 41.6 Å². The first kappa shape index (κ1) is 14.2. The van der Waals surface area contributed by atoms with Crippen LogP contribution in [0.2, 0.25) is 0 Å². The fourth-order valence-corrected chi connectivity index (χ4v) is 4.35. The van der Waals surface area contributed by atoms with Crippen LogP contribution in [0.4, 0.5) is 0 Å². The molecule has 1 fully saturated rings. The van der Waals surface area contributed by atoms with Crippen LogP contribution in [0.1, 0.15) is 39.5 Å². The van der Waals surface area contributed by atoms with E-state index in [0.717, 1.165) is 12.8 Å². The average Bonchev–Trinajstić information content (AvgIpc) is 2.78. The van der Waals surface area contributed by atoms with Gasteiger partial charge in [-0.15, -0.1) is 0 Å². The van der Waals surface area contributed by atoms with Gasteiger partial charge in [-0.3, -0.25) is 0 Å². The Balaban J connectivity index is 2.89. The van der Waals surface area contributed by atoms with Gasteiger partial charge in [-0.25, -0.2) is 8.42 Å². The van der Waals surface area contributed by atoms with Gasteiger partial charge in [0.05, 0.1) is 11.8 Å². The number of hydrogen-bond acceptors (Lipinski definition) is 4. The molecule has 1 aliphatic carbocycles. The summed E-state index contributed by atoms with van der Waals surface area (Å²) in [5.41, 5.74) is 5.40. The quantitative estimate of drug-likeness (QED) is 0.330. The largest absolute Gasteiger partial charge is 0.409 e. The fourth-order valence-electron chi connectivity index (χ4n) is 2.14. The van der Waals surface area contributed by atoms with Crippen LogP contribution in [0.15, 0.2) is 5.16 Å². The van der Waals surface area contributed by atoms with Crippen molar-refractivity contribution in [2.24, 2.45) is 10.9 Å². The summed E-state index contributed by atoms with van der Waals surface area (Å²) in [6, 6.07) is -0.194. The Morgan fingerprint density at radius 2 is 2.00 bits per heavy atom. The van der Waals surface area contributed by atoms with E-state index < -0.39 is 10.0 Å². The molecule has 0 heterocycles. The minimum Gasteiger partial charge on any atom is -0.409 e. The average molecular weight is 263 g/mol. The molecule has 0 bridgehead atoms. The lowest BCUT2D eigenvalue weighted by atomic mass is 10.4. The first-order valence-corrected chi connectivity index (χ1v) is 7.37. The molecule has 0 aromatic rings. The van der Waals surface area contributed by atoms with Crippen molar-refractivity contribution in [1.29, 1.82) is 0 Å². The van der Waals surface area contributed by atoms with Gasteiger partial charge < -0.3 is 10.9 Å². The van der Waals surface area contributed by atoms with Crippen LogP contribution in [0, 0.1) is 0 Å². The summed E-state index contributed by atoms with van der Waals surface area (Å²) in [5.74, 6) is -0.0831. The maximum absolute atomic E-state index is 12.4. The molecule has 1 rings (SSSR count). The van der Waals surface area contributed by atoms with Crippen molar-refractivity contribution in [3.05, 3.63) is 0 Å². The first-order chi connectivity index (χ1) is 7.89. The van der Waals surface area contributed by atoms with Crippen LogP contribution in [0.5, 0.6) is 0 Å². The molecule has 0 radical (unpaired) electrons. The number of oxime groups is 1. The Kier molecular flexibility index (Phi) is 4.76. The predicted molar refractivity (Wildman–Crippen MR) is 66.4 cm³/mol. The van der Waals surface area contributed by atoms with E-state index in [2.05, 4.69) is 5.16 Å². The van der Waals surface area contributed by atoms with Gasteiger partial charge in [0.25, 0.3) is 0 Å². The Labute approximate surface area is 103 Å². The Morgan fingerprint density at radius 1 is 1.47 bits per heavy atom. The third-order valence-electron chi connectivity index (χ3n) is 3.07. The molecule has 1 aliphatic rings. The fraction of sp³-hybridized carbons (Fsp3) is 0.900. The summed E-state index contributed by atoms with van der Waals surface area (Å²) in [6.07, 6.45) is 3.34. The number of rotatable bonds is 5.